The summed E-state index contributed by atoms with van der Waals surface area (Å²) >= 11 is 0. The van der Waals surface area contributed by atoms with Crippen LogP contribution in [0.2, 0.25) is 0 Å². The van der Waals surface area contributed by atoms with Crippen molar-refractivity contribution in [2.24, 2.45) is 0 Å². The number of carbonyl (C=O) groups excluding carboxylic acids is 1. The van der Waals surface area contributed by atoms with Gasteiger partial charge in [-0.25, -0.2) is 4.79 Å². The van der Waals surface area contributed by atoms with Crippen molar-refractivity contribution in [3.05, 3.63) is 60.0 Å². The summed E-state index contributed by atoms with van der Waals surface area (Å²) in [4.78, 5) is 11.0. The first-order chi connectivity index (χ1) is 7.86. The number of nitrogens with one attached hydrogen (secondary N) is 1. The minimum absolute atomic E-state index is 0.299. The van der Waals surface area contributed by atoms with Gasteiger partial charge in [-0.1, -0.05) is 30.3 Å². The average molecular weight is 215 g/mol. The van der Waals surface area contributed by atoms with Crippen molar-refractivity contribution in [1.82, 2.24) is 5.32 Å². The van der Waals surface area contributed by atoms with Crippen LogP contribution in [-0.2, 0) is 16.0 Å². The molecule has 0 aromatic heterocycles. The van der Waals surface area contributed by atoms with Crippen LogP contribution in [0.3, 0.4) is 0 Å². The van der Waals surface area contributed by atoms with Crippen molar-refractivity contribution in [2.45, 2.75) is 6.42 Å². The first-order valence-corrected chi connectivity index (χ1v) is 5.21. The number of esters is 1. The third kappa shape index (κ3) is 2.73. The van der Waals surface area contributed by atoms with E-state index in [1.807, 2.05) is 18.2 Å². The van der Waals surface area contributed by atoms with Gasteiger partial charge >= 0.3 is 5.97 Å². The smallest absolute Gasteiger partial charge is 0.344 e. The molecule has 0 unspecified atom stereocenters. The highest BCUT2D eigenvalue weighted by atomic mass is 16.5. The highest BCUT2D eigenvalue weighted by Gasteiger charge is 2.11. The van der Waals surface area contributed by atoms with Crippen LogP contribution in [0.5, 0.6) is 0 Å². The monoisotopic (exact) mass is 215 g/mol. The van der Waals surface area contributed by atoms with Gasteiger partial charge in [0.15, 0.2) is 0 Å². The molecule has 0 radical (unpaired) electrons. The van der Waals surface area contributed by atoms with E-state index < -0.39 is 0 Å². The van der Waals surface area contributed by atoms with E-state index in [4.69, 9.17) is 0 Å². The molecule has 1 heterocycles. The van der Waals surface area contributed by atoms with E-state index in [0.29, 0.717) is 5.57 Å². The van der Waals surface area contributed by atoms with Gasteiger partial charge in [0.2, 0.25) is 0 Å². The number of cyclic esters (lactones) is 1. The molecule has 0 aliphatic carbocycles. The Morgan fingerprint density at radius 2 is 2.06 bits per heavy atom. The summed E-state index contributed by atoms with van der Waals surface area (Å²) < 4.78 is 4.65. The fourth-order valence-electron chi connectivity index (χ4n) is 1.46. The Balaban J connectivity index is 1.77. The van der Waals surface area contributed by atoms with Gasteiger partial charge in [-0.2, -0.15) is 0 Å². The van der Waals surface area contributed by atoms with Crippen LogP contribution in [0.25, 0.3) is 0 Å². The Morgan fingerprint density at radius 3 is 2.75 bits per heavy atom. The lowest BCUT2D eigenvalue weighted by molar-refractivity contribution is -0.132. The molecular formula is C13H13NO2. The molecule has 1 aliphatic heterocycles. The van der Waals surface area contributed by atoms with Crippen LogP contribution in [0.15, 0.2) is 54.4 Å². The normalized spacial score (nSPS) is 16.5. The molecule has 0 amide bonds. The molecule has 1 aromatic rings. The van der Waals surface area contributed by atoms with Crippen LogP contribution < -0.4 is 5.32 Å². The van der Waals surface area contributed by atoms with E-state index in [0.717, 1.165) is 13.0 Å². The van der Waals surface area contributed by atoms with E-state index in [1.165, 1.54) is 11.8 Å². The highest BCUT2D eigenvalue weighted by molar-refractivity contribution is 5.93. The molecule has 1 N–H and O–H groups in total. The lowest BCUT2D eigenvalue weighted by Gasteiger charge is -2.01. The van der Waals surface area contributed by atoms with Crippen molar-refractivity contribution in [2.75, 3.05) is 6.54 Å². The molecule has 3 nitrogen and oxygen atoms in total. The molecular weight excluding hydrogens is 202 g/mol. The predicted molar refractivity (Wildman–Crippen MR) is 61.5 cm³/mol. The number of hydrogen-bond acceptors (Lipinski definition) is 3. The van der Waals surface area contributed by atoms with Crippen LogP contribution in [-0.4, -0.2) is 12.5 Å². The Bertz CT molecular complexity index is 421. The molecule has 1 aliphatic rings. The molecule has 0 spiro atoms. The van der Waals surface area contributed by atoms with Gasteiger partial charge in [-0.05, 0) is 18.1 Å². The maximum atomic E-state index is 11.0. The summed E-state index contributed by atoms with van der Waals surface area (Å²) in [5.41, 5.74) is 1.84. The Kier molecular flexibility index (Phi) is 3.38. The van der Waals surface area contributed by atoms with Crippen LogP contribution in [0, 0.1) is 0 Å². The molecule has 2 rings (SSSR count). The van der Waals surface area contributed by atoms with Crippen molar-refractivity contribution in [3.63, 3.8) is 0 Å². The molecule has 0 saturated carbocycles. The van der Waals surface area contributed by atoms with Gasteiger partial charge in [0.05, 0.1) is 11.8 Å². The Morgan fingerprint density at radius 1 is 1.25 bits per heavy atom. The number of carbonyl (C=O) groups is 1. The van der Waals surface area contributed by atoms with Crippen molar-refractivity contribution in [3.8, 4) is 0 Å². The molecule has 0 bridgehead atoms. The summed E-state index contributed by atoms with van der Waals surface area (Å²) in [5.74, 6) is -0.299. The van der Waals surface area contributed by atoms with Crippen LogP contribution >= 0.6 is 0 Å². The van der Waals surface area contributed by atoms with Gasteiger partial charge in [0.1, 0.15) is 0 Å². The van der Waals surface area contributed by atoms with E-state index in [9.17, 15) is 4.79 Å². The molecule has 0 atom stereocenters. The van der Waals surface area contributed by atoms with Gasteiger partial charge in [0, 0.05) is 12.7 Å². The van der Waals surface area contributed by atoms with E-state index in [2.05, 4.69) is 22.2 Å². The Hall–Kier alpha value is -2.03. The van der Waals surface area contributed by atoms with Gasteiger partial charge in [-0.15, -0.1) is 0 Å². The fourth-order valence-corrected chi connectivity index (χ4v) is 1.46. The van der Waals surface area contributed by atoms with Crippen molar-refractivity contribution in [1.29, 1.82) is 0 Å². The van der Waals surface area contributed by atoms with Gasteiger partial charge in [0.25, 0.3) is 0 Å². The maximum Gasteiger partial charge on any atom is 0.344 e. The predicted octanol–water partition coefficient (Wildman–Crippen LogP) is 1.77. The minimum atomic E-state index is -0.299. The molecule has 0 fully saturated rings. The standard InChI is InChI=1S/C13H13NO2/c15-13-12(7-9-16-13)10-14-8-6-11-4-2-1-3-5-11/h1-5,7,9-10,14H,6,8H2. The highest BCUT2D eigenvalue weighted by Crippen LogP contribution is 2.07. The zero-order valence-corrected chi connectivity index (χ0v) is 8.85. The third-order valence-corrected chi connectivity index (χ3v) is 2.32. The van der Waals surface area contributed by atoms with Gasteiger partial charge < -0.3 is 10.1 Å². The molecule has 1 aromatic carbocycles. The van der Waals surface area contributed by atoms with Crippen LogP contribution in [0.1, 0.15) is 5.56 Å². The van der Waals surface area contributed by atoms with Crippen LogP contribution in [0.4, 0.5) is 0 Å². The summed E-state index contributed by atoms with van der Waals surface area (Å²) in [7, 11) is 0. The van der Waals surface area contributed by atoms with E-state index in [1.54, 1.807) is 12.3 Å². The van der Waals surface area contributed by atoms with E-state index in [-0.39, 0.29) is 5.97 Å². The molecule has 16 heavy (non-hydrogen) atoms. The summed E-state index contributed by atoms with van der Waals surface area (Å²) in [6, 6.07) is 10.2. The topological polar surface area (TPSA) is 38.3 Å². The van der Waals surface area contributed by atoms with Crippen molar-refractivity contribution >= 4 is 5.97 Å². The SMILES string of the molecule is O=C1OC=CC1=CNCCc1ccccc1. The lowest BCUT2D eigenvalue weighted by atomic mass is 10.1. The third-order valence-electron chi connectivity index (χ3n) is 2.32. The van der Waals surface area contributed by atoms with E-state index >= 15 is 0 Å². The fraction of sp³-hybridized carbons (Fsp3) is 0.154. The zero-order chi connectivity index (χ0) is 11.2. The second-order valence-corrected chi connectivity index (χ2v) is 3.50. The quantitative estimate of drug-likeness (QED) is 0.472. The lowest BCUT2D eigenvalue weighted by Crippen LogP contribution is -2.12. The maximum absolute atomic E-state index is 11.0. The average Bonchev–Trinajstić information content (AvgIpc) is 2.72. The second-order valence-electron chi connectivity index (χ2n) is 3.50. The number of hydrogen-bond donors (Lipinski definition) is 1. The largest absolute Gasteiger partial charge is 0.431 e. The molecule has 3 heteroatoms. The van der Waals surface area contributed by atoms with Crippen molar-refractivity contribution < 1.29 is 9.53 Å². The summed E-state index contributed by atoms with van der Waals surface area (Å²) in [6.07, 6.45) is 5.67. The number of rotatable bonds is 4. The number of benzene rings is 1. The second kappa shape index (κ2) is 5.16. The first kappa shape index (κ1) is 10.5. The molecule has 82 valence electrons. The summed E-state index contributed by atoms with van der Waals surface area (Å²) in [6.45, 7) is 0.800. The molecule has 0 saturated heterocycles. The first-order valence-electron chi connectivity index (χ1n) is 5.21. The van der Waals surface area contributed by atoms with Gasteiger partial charge in [-0.3, -0.25) is 0 Å². The Labute approximate surface area is 94.4 Å². The number of ether oxygens (including phenoxy) is 1. The zero-order valence-electron chi connectivity index (χ0n) is 8.85. The summed E-state index contributed by atoms with van der Waals surface area (Å²) in [5, 5.41) is 3.09. The minimum Gasteiger partial charge on any atom is -0.431 e.